The van der Waals surface area contributed by atoms with Gasteiger partial charge in [-0.1, -0.05) is 31.4 Å². The zero-order valence-corrected chi connectivity index (χ0v) is 12.3. The van der Waals surface area contributed by atoms with Gasteiger partial charge in [-0.15, -0.1) is 0 Å². The van der Waals surface area contributed by atoms with Gasteiger partial charge in [-0.25, -0.2) is 17.5 Å². The molecule has 1 saturated carbocycles. The van der Waals surface area contributed by atoms with Crippen LogP contribution in [0.1, 0.15) is 44.6 Å². The van der Waals surface area contributed by atoms with Gasteiger partial charge in [0.1, 0.15) is 5.82 Å². The summed E-state index contributed by atoms with van der Waals surface area (Å²) in [5.41, 5.74) is 1.03. The number of nitrogens with one attached hydrogen (secondary N) is 1. The number of rotatable bonds is 1. The fourth-order valence-electron chi connectivity index (χ4n) is 3.41. The second-order valence-electron chi connectivity index (χ2n) is 5.71. The first kappa shape index (κ1) is 13.8. The zero-order valence-electron chi connectivity index (χ0n) is 11.4. The van der Waals surface area contributed by atoms with E-state index in [0.29, 0.717) is 10.5 Å². The predicted molar refractivity (Wildman–Crippen MR) is 76.9 cm³/mol. The third-order valence-corrected chi connectivity index (χ3v) is 6.21. The van der Waals surface area contributed by atoms with E-state index in [1.165, 1.54) is 24.3 Å². The second-order valence-corrected chi connectivity index (χ2v) is 7.33. The van der Waals surface area contributed by atoms with E-state index in [1.807, 2.05) is 6.92 Å². The first-order valence-corrected chi connectivity index (χ1v) is 8.44. The molecule has 0 aromatic heterocycles. The molecule has 20 heavy (non-hydrogen) atoms. The Bertz CT molecular complexity index is 656. The Kier molecular flexibility index (Phi) is 3.21. The lowest BCUT2D eigenvalue weighted by molar-refractivity contribution is 0.321. The summed E-state index contributed by atoms with van der Waals surface area (Å²) in [6, 6.07) is 5.68. The lowest BCUT2D eigenvalue weighted by Crippen LogP contribution is -2.45. The molecule has 0 bridgehead atoms. The Morgan fingerprint density at radius 2 is 1.70 bits per heavy atom. The number of benzene rings is 1. The first-order valence-electron chi connectivity index (χ1n) is 6.96. The molecule has 3 rings (SSSR count). The van der Waals surface area contributed by atoms with E-state index in [-0.39, 0.29) is 5.82 Å². The van der Waals surface area contributed by atoms with Crippen LogP contribution in [0.5, 0.6) is 0 Å². The Morgan fingerprint density at radius 3 is 2.30 bits per heavy atom. The highest BCUT2D eigenvalue weighted by Crippen LogP contribution is 2.44. The molecule has 1 N–H and O–H groups in total. The van der Waals surface area contributed by atoms with Gasteiger partial charge in [0.2, 0.25) is 10.0 Å². The fourth-order valence-corrected chi connectivity index (χ4v) is 5.43. The third-order valence-electron chi connectivity index (χ3n) is 4.47. The molecule has 1 aromatic carbocycles. The van der Waals surface area contributed by atoms with Crippen LogP contribution < -0.4 is 4.72 Å². The van der Waals surface area contributed by atoms with Crippen LogP contribution in [0.4, 0.5) is 4.39 Å². The van der Waals surface area contributed by atoms with Crippen molar-refractivity contribution < 1.29 is 12.8 Å². The van der Waals surface area contributed by atoms with Crippen LogP contribution in [0, 0.1) is 5.82 Å². The van der Waals surface area contributed by atoms with Crippen molar-refractivity contribution in [2.75, 3.05) is 0 Å². The van der Waals surface area contributed by atoms with Crippen LogP contribution in [0.25, 0.3) is 4.91 Å². The number of hydrogen-bond acceptors (Lipinski definition) is 2. The largest absolute Gasteiger partial charge is 0.241 e. The van der Waals surface area contributed by atoms with Crippen LogP contribution in [-0.4, -0.2) is 14.0 Å². The van der Waals surface area contributed by atoms with Crippen LogP contribution in [0.2, 0.25) is 0 Å². The maximum atomic E-state index is 13.0. The minimum atomic E-state index is -3.50. The van der Waals surface area contributed by atoms with Gasteiger partial charge in [0.25, 0.3) is 0 Å². The van der Waals surface area contributed by atoms with E-state index in [4.69, 9.17) is 0 Å². The molecule has 1 heterocycles. The summed E-state index contributed by atoms with van der Waals surface area (Å²) in [6.07, 6.45) is 4.93. The lowest BCUT2D eigenvalue weighted by Gasteiger charge is -2.34. The molecule has 1 fully saturated rings. The van der Waals surface area contributed by atoms with Crippen molar-refractivity contribution in [2.24, 2.45) is 0 Å². The Balaban J connectivity index is 2.13. The standard InChI is InChI=1S/C15H18FNO2S/c1-11-14(12-5-7-13(16)8-6-12)20(18,19)17-15(11)9-3-2-4-10-15/h5-8,17H,2-4,9-10H2,1H3. The molecule has 0 radical (unpaired) electrons. The van der Waals surface area contributed by atoms with Crippen molar-refractivity contribution >= 4 is 14.9 Å². The highest BCUT2D eigenvalue weighted by atomic mass is 32.2. The second kappa shape index (κ2) is 4.67. The smallest absolute Gasteiger partial charge is 0.207 e. The molecule has 1 aliphatic heterocycles. The molecule has 3 nitrogen and oxygen atoms in total. The average molecular weight is 295 g/mol. The molecule has 0 amide bonds. The summed E-state index contributed by atoms with van der Waals surface area (Å²) in [6.45, 7) is 1.89. The minimum absolute atomic E-state index is 0.333. The van der Waals surface area contributed by atoms with Crippen LogP contribution >= 0.6 is 0 Å². The maximum absolute atomic E-state index is 13.0. The predicted octanol–water partition coefficient (Wildman–Crippen LogP) is 3.19. The van der Waals surface area contributed by atoms with Gasteiger partial charge in [0, 0.05) is 0 Å². The van der Waals surface area contributed by atoms with Crippen molar-refractivity contribution in [3.8, 4) is 0 Å². The SMILES string of the molecule is CC1=C(c2ccc(F)cc2)S(=O)(=O)NC12CCCCC2. The number of hydrogen-bond donors (Lipinski definition) is 1. The molecular formula is C15H18FNO2S. The van der Waals surface area contributed by atoms with Gasteiger partial charge in [-0.05, 0) is 43.0 Å². The molecule has 1 spiro atoms. The molecule has 1 aliphatic carbocycles. The highest BCUT2D eigenvalue weighted by molar-refractivity contribution is 7.99. The van der Waals surface area contributed by atoms with Crippen molar-refractivity contribution in [3.05, 3.63) is 41.2 Å². The number of halogens is 1. The summed E-state index contributed by atoms with van der Waals surface area (Å²) < 4.78 is 40.8. The third kappa shape index (κ3) is 2.09. The van der Waals surface area contributed by atoms with Crippen molar-refractivity contribution in [2.45, 2.75) is 44.6 Å². The summed E-state index contributed by atoms with van der Waals surface area (Å²) in [4.78, 5) is 0.333. The molecular weight excluding hydrogens is 277 g/mol. The summed E-state index contributed by atoms with van der Waals surface area (Å²) in [7, 11) is -3.50. The molecule has 0 unspecified atom stereocenters. The Hall–Kier alpha value is -1.20. The lowest BCUT2D eigenvalue weighted by atomic mass is 9.77. The topological polar surface area (TPSA) is 46.2 Å². The van der Waals surface area contributed by atoms with Gasteiger partial charge in [-0.3, -0.25) is 0 Å². The van der Waals surface area contributed by atoms with Gasteiger partial charge >= 0.3 is 0 Å². The molecule has 0 saturated heterocycles. The van der Waals surface area contributed by atoms with E-state index >= 15 is 0 Å². The van der Waals surface area contributed by atoms with Crippen LogP contribution in [-0.2, 0) is 10.0 Å². The van der Waals surface area contributed by atoms with Crippen molar-refractivity contribution in [1.29, 1.82) is 0 Å². The molecule has 1 aromatic rings. The van der Waals surface area contributed by atoms with Gasteiger partial charge in [-0.2, -0.15) is 0 Å². The summed E-state index contributed by atoms with van der Waals surface area (Å²) >= 11 is 0. The van der Waals surface area contributed by atoms with E-state index in [9.17, 15) is 12.8 Å². The fraction of sp³-hybridized carbons (Fsp3) is 0.467. The summed E-state index contributed by atoms with van der Waals surface area (Å²) in [5.74, 6) is -0.359. The molecule has 108 valence electrons. The van der Waals surface area contributed by atoms with E-state index < -0.39 is 15.6 Å². The monoisotopic (exact) mass is 295 g/mol. The van der Waals surface area contributed by atoms with Crippen molar-refractivity contribution in [1.82, 2.24) is 4.72 Å². The van der Waals surface area contributed by atoms with Gasteiger partial charge < -0.3 is 0 Å². The first-order chi connectivity index (χ1) is 9.45. The molecule has 5 heteroatoms. The Morgan fingerprint density at radius 1 is 1.10 bits per heavy atom. The molecule has 0 atom stereocenters. The average Bonchev–Trinajstić information content (AvgIpc) is 2.59. The molecule has 2 aliphatic rings. The zero-order chi connectivity index (χ0) is 14.4. The number of sulfonamides is 1. The van der Waals surface area contributed by atoms with Crippen LogP contribution in [0.3, 0.4) is 0 Å². The van der Waals surface area contributed by atoms with E-state index in [0.717, 1.165) is 37.7 Å². The highest BCUT2D eigenvalue weighted by Gasteiger charge is 2.47. The minimum Gasteiger partial charge on any atom is -0.207 e. The van der Waals surface area contributed by atoms with E-state index in [2.05, 4.69) is 4.72 Å². The van der Waals surface area contributed by atoms with Crippen LogP contribution in [0.15, 0.2) is 29.8 Å². The van der Waals surface area contributed by atoms with Gasteiger partial charge in [0.05, 0.1) is 10.4 Å². The quantitative estimate of drug-likeness (QED) is 0.865. The van der Waals surface area contributed by atoms with Gasteiger partial charge in [0.15, 0.2) is 0 Å². The van der Waals surface area contributed by atoms with Crippen molar-refractivity contribution in [3.63, 3.8) is 0 Å². The maximum Gasteiger partial charge on any atom is 0.241 e. The summed E-state index contributed by atoms with van der Waals surface area (Å²) in [5, 5.41) is 0. The normalized spacial score (nSPS) is 24.3. The Labute approximate surface area is 118 Å². The van der Waals surface area contributed by atoms with E-state index in [1.54, 1.807) is 0 Å².